The summed E-state index contributed by atoms with van der Waals surface area (Å²) < 4.78 is 4.98. The van der Waals surface area contributed by atoms with Gasteiger partial charge >= 0.3 is 6.01 Å². The average molecular weight is 254 g/mol. The third-order valence-corrected chi connectivity index (χ3v) is 2.19. The monoisotopic (exact) mass is 253 g/mol. The molecule has 0 spiro atoms. The summed E-state index contributed by atoms with van der Waals surface area (Å²) in [6.45, 7) is 1.60. The highest BCUT2D eigenvalue weighted by Gasteiger charge is 2.14. The molecule has 2 rings (SSSR count). The van der Waals surface area contributed by atoms with Crippen molar-refractivity contribution in [1.29, 1.82) is 0 Å². The van der Waals surface area contributed by atoms with E-state index in [1.54, 1.807) is 6.92 Å². The lowest BCUT2D eigenvalue weighted by Gasteiger charge is -2.03. The van der Waals surface area contributed by atoms with Gasteiger partial charge in [-0.05, 0) is 18.2 Å². The Morgan fingerprint density at radius 3 is 2.82 bits per heavy atom. The fourth-order valence-electron chi connectivity index (χ4n) is 1.21. The molecule has 0 aliphatic rings. The van der Waals surface area contributed by atoms with Crippen LogP contribution in [0.15, 0.2) is 22.6 Å². The first kappa shape index (κ1) is 11.4. The van der Waals surface area contributed by atoms with Gasteiger partial charge < -0.3 is 9.52 Å². The van der Waals surface area contributed by atoms with Gasteiger partial charge in [-0.2, -0.15) is 0 Å². The number of anilines is 1. The first-order valence-corrected chi connectivity index (χ1v) is 5.04. The van der Waals surface area contributed by atoms with E-state index in [-0.39, 0.29) is 17.3 Å². The van der Waals surface area contributed by atoms with Crippen LogP contribution in [0.1, 0.15) is 16.2 Å². The maximum absolute atomic E-state index is 11.7. The molecule has 0 bridgehead atoms. The Kier molecular flexibility index (Phi) is 2.97. The number of aryl methyl sites for hydroxylation is 1. The summed E-state index contributed by atoms with van der Waals surface area (Å²) in [6.07, 6.45) is 0. The van der Waals surface area contributed by atoms with E-state index in [2.05, 4.69) is 15.5 Å². The summed E-state index contributed by atoms with van der Waals surface area (Å²) in [7, 11) is 0. The van der Waals surface area contributed by atoms with Crippen LogP contribution in [0.3, 0.4) is 0 Å². The predicted octanol–water partition coefficient (Wildman–Crippen LogP) is 1.99. The second-order valence-corrected chi connectivity index (χ2v) is 3.68. The standard InChI is InChI=1S/C10H8ClN3O3/c1-5-13-14-10(17-5)12-9(16)7-3-2-6(11)4-8(7)15/h2-4,15H,1H3,(H,12,14,16). The third-order valence-electron chi connectivity index (χ3n) is 1.95. The summed E-state index contributed by atoms with van der Waals surface area (Å²) in [4.78, 5) is 11.7. The van der Waals surface area contributed by atoms with Gasteiger partial charge in [-0.25, -0.2) is 0 Å². The average Bonchev–Trinajstić information content (AvgIpc) is 2.63. The number of aromatic nitrogens is 2. The van der Waals surface area contributed by atoms with E-state index in [0.717, 1.165) is 0 Å². The number of hydrogen-bond donors (Lipinski definition) is 2. The minimum atomic E-state index is -0.553. The zero-order valence-corrected chi connectivity index (χ0v) is 9.52. The highest BCUT2D eigenvalue weighted by atomic mass is 35.5. The second kappa shape index (κ2) is 4.42. The van der Waals surface area contributed by atoms with Crippen molar-refractivity contribution in [2.45, 2.75) is 6.92 Å². The number of phenols is 1. The Morgan fingerprint density at radius 1 is 1.47 bits per heavy atom. The molecule has 1 aromatic carbocycles. The van der Waals surface area contributed by atoms with Crippen molar-refractivity contribution in [3.8, 4) is 5.75 Å². The zero-order valence-electron chi connectivity index (χ0n) is 8.77. The van der Waals surface area contributed by atoms with E-state index >= 15 is 0 Å². The Balaban J connectivity index is 2.20. The first-order valence-electron chi connectivity index (χ1n) is 4.66. The molecule has 88 valence electrons. The molecule has 0 radical (unpaired) electrons. The van der Waals surface area contributed by atoms with Crippen LogP contribution in [0.4, 0.5) is 6.01 Å². The molecule has 2 N–H and O–H groups in total. The van der Waals surface area contributed by atoms with E-state index in [1.165, 1.54) is 18.2 Å². The number of aromatic hydroxyl groups is 1. The summed E-state index contributed by atoms with van der Waals surface area (Å²) >= 11 is 5.65. The molecule has 0 fully saturated rings. The lowest BCUT2D eigenvalue weighted by Crippen LogP contribution is -2.12. The van der Waals surface area contributed by atoms with Crippen molar-refractivity contribution in [3.05, 3.63) is 34.7 Å². The van der Waals surface area contributed by atoms with Gasteiger partial charge in [0.05, 0.1) is 5.56 Å². The van der Waals surface area contributed by atoms with Crippen LogP contribution in [0, 0.1) is 6.92 Å². The Labute approximate surface area is 101 Å². The normalized spacial score (nSPS) is 10.2. The predicted molar refractivity (Wildman–Crippen MR) is 60.1 cm³/mol. The number of hydrogen-bond acceptors (Lipinski definition) is 5. The Bertz CT molecular complexity index is 568. The number of nitrogens with one attached hydrogen (secondary N) is 1. The molecule has 0 atom stereocenters. The van der Waals surface area contributed by atoms with Crippen molar-refractivity contribution in [2.24, 2.45) is 0 Å². The largest absolute Gasteiger partial charge is 0.507 e. The van der Waals surface area contributed by atoms with Gasteiger partial charge in [0.25, 0.3) is 5.91 Å². The Morgan fingerprint density at radius 2 is 2.24 bits per heavy atom. The van der Waals surface area contributed by atoms with Gasteiger partial charge in [0.1, 0.15) is 5.75 Å². The molecule has 0 aliphatic carbocycles. The van der Waals surface area contributed by atoms with Gasteiger partial charge in [0.15, 0.2) is 0 Å². The molecule has 7 heteroatoms. The molecule has 0 saturated heterocycles. The summed E-state index contributed by atoms with van der Waals surface area (Å²) in [6, 6.07) is 4.14. The number of rotatable bonds is 2. The number of nitrogens with zero attached hydrogens (tertiary/aromatic N) is 2. The van der Waals surface area contributed by atoms with E-state index in [4.69, 9.17) is 16.0 Å². The number of halogens is 1. The minimum Gasteiger partial charge on any atom is -0.507 e. The highest BCUT2D eigenvalue weighted by molar-refractivity contribution is 6.30. The minimum absolute atomic E-state index is 0.0261. The summed E-state index contributed by atoms with van der Waals surface area (Å²) in [5, 5.41) is 19.4. The third kappa shape index (κ3) is 2.54. The molecule has 1 aromatic heterocycles. The highest BCUT2D eigenvalue weighted by Crippen LogP contribution is 2.22. The Hall–Kier alpha value is -2.08. The second-order valence-electron chi connectivity index (χ2n) is 3.24. The molecule has 1 amide bonds. The number of carbonyl (C=O) groups is 1. The molecule has 2 aromatic rings. The fourth-order valence-corrected chi connectivity index (χ4v) is 1.37. The van der Waals surface area contributed by atoms with E-state index < -0.39 is 5.91 Å². The maximum atomic E-state index is 11.7. The lowest BCUT2D eigenvalue weighted by molar-refractivity contribution is 0.102. The van der Waals surface area contributed by atoms with Crippen molar-refractivity contribution in [3.63, 3.8) is 0 Å². The van der Waals surface area contributed by atoms with Gasteiger partial charge in [-0.15, -0.1) is 5.10 Å². The number of carbonyl (C=O) groups excluding carboxylic acids is 1. The number of benzene rings is 1. The summed E-state index contributed by atoms with van der Waals surface area (Å²) in [5.41, 5.74) is 0.0743. The molecular weight excluding hydrogens is 246 g/mol. The van der Waals surface area contributed by atoms with Crippen LogP contribution in [0.25, 0.3) is 0 Å². The molecule has 1 heterocycles. The van der Waals surface area contributed by atoms with Crippen LogP contribution in [-0.2, 0) is 0 Å². The number of amides is 1. The number of phenolic OH excluding ortho intramolecular Hbond substituents is 1. The lowest BCUT2D eigenvalue weighted by atomic mass is 10.2. The molecule has 0 saturated carbocycles. The molecule has 0 unspecified atom stereocenters. The van der Waals surface area contributed by atoms with Crippen LogP contribution in [-0.4, -0.2) is 21.2 Å². The van der Waals surface area contributed by atoms with Crippen molar-refractivity contribution in [1.82, 2.24) is 10.2 Å². The van der Waals surface area contributed by atoms with E-state index in [1.807, 2.05) is 0 Å². The maximum Gasteiger partial charge on any atom is 0.322 e. The van der Waals surface area contributed by atoms with Crippen LogP contribution in [0.5, 0.6) is 5.75 Å². The van der Waals surface area contributed by atoms with Gasteiger partial charge in [0, 0.05) is 11.9 Å². The molecule has 6 nitrogen and oxygen atoms in total. The van der Waals surface area contributed by atoms with Crippen LogP contribution < -0.4 is 5.32 Å². The molecule has 17 heavy (non-hydrogen) atoms. The van der Waals surface area contributed by atoms with E-state index in [9.17, 15) is 9.90 Å². The van der Waals surface area contributed by atoms with E-state index in [0.29, 0.717) is 10.9 Å². The molecule has 0 aliphatic heterocycles. The van der Waals surface area contributed by atoms with Gasteiger partial charge in [-0.1, -0.05) is 16.7 Å². The fraction of sp³-hybridized carbons (Fsp3) is 0.100. The zero-order chi connectivity index (χ0) is 12.4. The van der Waals surface area contributed by atoms with Crippen LogP contribution >= 0.6 is 11.6 Å². The summed E-state index contributed by atoms with van der Waals surface area (Å²) in [5.74, 6) is -0.435. The van der Waals surface area contributed by atoms with Crippen LogP contribution in [0.2, 0.25) is 5.02 Å². The van der Waals surface area contributed by atoms with Crippen molar-refractivity contribution < 1.29 is 14.3 Å². The van der Waals surface area contributed by atoms with Crippen molar-refractivity contribution >= 4 is 23.5 Å². The first-order chi connectivity index (χ1) is 8.06. The van der Waals surface area contributed by atoms with Crippen molar-refractivity contribution in [2.75, 3.05) is 5.32 Å². The molecular formula is C10H8ClN3O3. The smallest absolute Gasteiger partial charge is 0.322 e. The topological polar surface area (TPSA) is 88.2 Å². The van der Waals surface area contributed by atoms with Gasteiger partial charge in [-0.3, -0.25) is 10.1 Å². The SMILES string of the molecule is Cc1nnc(NC(=O)c2ccc(Cl)cc2O)o1. The van der Waals surface area contributed by atoms with Gasteiger partial charge in [0.2, 0.25) is 5.89 Å². The quantitative estimate of drug-likeness (QED) is 0.854.